The highest BCUT2D eigenvalue weighted by Gasteiger charge is 2.28. The van der Waals surface area contributed by atoms with Crippen LogP contribution in [0.5, 0.6) is 0 Å². The SMILES string of the molecule is CCCC(F)(F)Cc1cccc(C(C)(C)C)c1. The first kappa shape index (κ1) is 14.1. The molecular weight excluding hydrogens is 218 g/mol. The van der Waals surface area contributed by atoms with Crippen molar-refractivity contribution < 1.29 is 8.78 Å². The molecule has 0 nitrogen and oxygen atoms in total. The Morgan fingerprint density at radius 2 is 1.76 bits per heavy atom. The van der Waals surface area contributed by atoms with E-state index in [4.69, 9.17) is 0 Å². The lowest BCUT2D eigenvalue weighted by Crippen LogP contribution is -2.19. The Kier molecular flexibility index (Phi) is 4.29. The van der Waals surface area contributed by atoms with E-state index in [9.17, 15) is 8.78 Å². The van der Waals surface area contributed by atoms with Gasteiger partial charge in [-0.1, -0.05) is 58.4 Å². The molecule has 1 aromatic rings. The van der Waals surface area contributed by atoms with Crippen molar-refractivity contribution in [3.8, 4) is 0 Å². The minimum Gasteiger partial charge on any atom is -0.207 e. The van der Waals surface area contributed by atoms with Gasteiger partial charge >= 0.3 is 0 Å². The maximum atomic E-state index is 13.5. The van der Waals surface area contributed by atoms with E-state index in [1.54, 1.807) is 13.0 Å². The lowest BCUT2D eigenvalue weighted by molar-refractivity contribution is -0.00774. The zero-order valence-electron chi connectivity index (χ0n) is 11.2. The van der Waals surface area contributed by atoms with Crippen molar-refractivity contribution in [3.05, 3.63) is 35.4 Å². The third-order valence-electron chi connectivity index (χ3n) is 2.87. The molecule has 0 spiro atoms. The molecule has 1 rings (SSSR count). The van der Waals surface area contributed by atoms with Gasteiger partial charge in [0.1, 0.15) is 0 Å². The Labute approximate surface area is 103 Å². The Hall–Kier alpha value is -0.920. The normalized spacial score (nSPS) is 12.8. The molecule has 0 saturated heterocycles. The smallest absolute Gasteiger partial charge is 0.207 e. The number of hydrogen-bond acceptors (Lipinski definition) is 0. The van der Waals surface area contributed by atoms with Gasteiger partial charge in [0.05, 0.1) is 0 Å². The van der Waals surface area contributed by atoms with Crippen LogP contribution in [0, 0.1) is 0 Å². The average Bonchev–Trinajstić information content (AvgIpc) is 2.15. The summed E-state index contributed by atoms with van der Waals surface area (Å²) in [7, 11) is 0. The zero-order chi connectivity index (χ0) is 13.1. The summed E-state index contributed by atoms with van der Waals surface area (Å²) in [6, 6.07) is 7.57. The molecule has 0 saturated carbocycles. The highest BCUT2D eigenvalue weighted by atomic mass is 19.3. The van der Waals surface area contributed by atoms with Gasteiger partial charge in [0, 0.05) is 12.8 Å². The average molecular weight is 240 g/mol. The topological polar surface area (TPSA) is 0 Å². The zero-order valence-corrected chi connectivity index (χ0v) is 11.2. The fourth-order valence-electron chi connectivity index (χ4n) is 1.90. The van der Waals surface area contributed by atoms with E-state index in [0.717, 1.165) is 11.1 Å². The van der Waals surface area contributed by atoms with Gasteiger partial charge < -0.3 is 0 Å². The first-order valence-corrected chi connectivity index (χ1v) is 6.22. The van der Waals surface area contributed by atoms with Crippen molar-refractivity contribution in [2.45, 2.75) is 58.3 Å². The molecular formula is C15H22F2. The number of hydrogen-bond donors (Lipinski definition) is 0. The van der Waals surface area contributed by atoms with Crippen LogP contribution in [-0.2, 0) is 11.8 Å². The Balaban J connectivity index is 2.86. The van der Waals surface area contributed by atoms with Crippen LogP contribution in [0.1, 0.15) is 51.7 Å². The Morgan fingerprint density at radius 3 is 2.29 bits per heavy atom. The quantitative estimate of drug-likeness (QED) is 0.697. The van der Waals surface area contributed by atoms with Crippen molar-refractivity contribution in [1.82, 2.24) is 0 Å². The highest BCUT2D eigenvalue weighted by molar-refractivity contribution is 5.29. The van der Waals surface area contributed by atoms with Crippen molar-refractivity contribution in [1.29, 1.82) is 0 Å². The molecule has 0 aromatic heterocycles. The molecule has 0 radical (unpaired) electrons. The van der Waals surface area contributed by atoms with E-state index in [2.05, 4.69) is 20.8 Å². The van der Waals surface area contributed by atoms with Crippen LogP contribution >= 0.6 is 0 Å². The van der Waals surface area contributed by atoms with Gasteiger partial charge in [0.2, 0.25) is 0 Å². The van der Waals surface area contributed by atoms with E-state index < -0.39 is 5.92 Å². The second-order valence-corrected chi connectivity index (χ2v) is 5.73. The molecule has 0 heterocycles. The van der Waals surface area contributed by atoms with E-state index in [1.807, 2.05) is 18.2 Å². The lowest BCUT2D eigenvalue weighted by atomic mass is 9.85. The number of rotatable bonds is 4. The predicted octanol–water partition coefficient (Wildman–Crippen LogP) is 4.96. The summed E-state index contributed by atoms with van der Waals surface area (Å²) in [5, 5.41) is 0. The molecule has 0 unspecified atom stereocenters. The van der Waals surface area contributed by atoms with Crippen molar-refractivity contribution in [2.24, 2.45) is 0 Å². The van der Waals surface area contributed by atoms with Crippen LogP contribution in [0.4, 0.5) is 8.78 Å². The van der Waals surface area contributed by atoms with E-state index in [0.29, 0.717) is 6.42 Å². The number of halogens is 2. The molecule has 0 aliphatic carbocycles. The second kappa shape index (κ2) is 5.16. The predicted molar refractivity (Wildman–Crippen MR) is 68.7 cm³/mol. The summed E-state index contributed by atoms with van der Waals surface area (Å²) in [6.07, 6.45) is 0.337. The van der Waals surface area contributed by atoms with Crippen LogP contribution in [0.25, 0.3) is 0 Å². The Morgan fingerprint density at radius 1 is 1.12 bits per heavy atom. The largest absolute Gasteiger partial charge is 0.252 e. The minimum atomic E-state index is -2.58. The van der Waals surface area contributed by atoms with Gasteiger partial charge in [-0.15, -0.1) is 0 Å². The van der Waals surface area contributed by atoms with Crippen LogP contribution in [0.2, 0.25) is 0 Å². The van der Waals surface area contributed by atoms with Crippen molar-refractivity contribution in [3.63, 3.8) is 0 Å². The second-order valence-electron chi connectivity index (χ2n) is 5.73. The molecule has 0 amide bonds. The molecule has 0 aliphatic rings. The van der Waals surface area contributed by atoms with Gasteiger partial charge in [0.25, 0.3) is 5.92 Å². The van der Waals surface area contributed by atoms with Crippen LogP contribution in [-0.4, -0.2) is 5.92 Å². The van der Waals surface area contributed by atoms with Crippen LogP contribution in [0.3, 0.4) is 0 Å². The molecule has 17 heavy (non-hydrogen) atoms. The fourth-order valence-corrected chi connectivity index (χ4v) is 1.90. The van der Waals surface area contributed by atoms with E-state index >= 15 is 0 Å². The van der Waals surface area contributed by atoms with Crippen molar-refractivity contribution in [2.75, 3.05) is 0 Å². The summed E-state index contributed by atoms with van der Waals surface area (Å²) in [6.45, 7) is 8.07. The van der Waals surface area contributed by atoms with Crippen LogP contribution < -0.4 is 0 Å². The molecule has 0 atom stereocenters. The molecule has 0 fully saturated rings. The molecule has 0 aliphatic heterocycles. The minimum absolute atomic E-state index is 0.00997. The fraction of sp³-hybridized carbons (Fsp3) is 0.600. The lowest BCUT2D eigenvalue weighted by Gasteiger charge is -2.21. The summed E-state index contributed by atoms with van der Waals surface area (Å²) < 4.78 is 27.1. The Bertz CT molecular complexity index is 361. The number of alkyl halides is 2. The summed E-state index contributed by atoms with van der Waals surface area (Å²) in [5.41, 5.74) is 1.86. The summed E-state index contributed by atoms with van der Waals surface area (Å²) in [5.74, 6) is -2.58. The monoisotopic (exact) mass is 240 g/mol. The van der Waals surface area contributed by atoms with Gasteiger partial charge in [-0.25, -0.2) is 8.78 Å². The number of benzene rings is 1. The first-order chi connectivity index (χ1) is 7.74. The molecule has 2 heteroatoms. The standard InChI is InChI=1S/C15H22F2/c1-5-9-15(16,17)11-12-7-6-8-13(10-12)14(2,3)4/h6-8,10H,5,9,11H2,1-4H3. The van der Waals surface area contributed by atoms with Crippen molar-refractivity contribution >= 4 is 0 Å². The first-order valence-electron chi connectivity index (χ1n) is 6.22. The van der Waals surface area contributed by atoms with Gasteiger partial charge in [0.15, 0.2) is 0 Å². The van der Waals surface area contributed by atoms with Gasteiger partial charge in [-0.2, -0.15) is 0 Å². The molecule has 0 N–H and O–H groups in total. The third kappa shape index (κ3) is 4.45. The molecule has 1 aromatic carbocycles. The summed E-state index contributed by atoms with van der Waals surface area (Å²) in [4.78, 5) is 0. The van der Waals surface area contributed by atoms with Gasteiger partial charge in [-0.3, -0.25) is 0 Å². The molecule has 96 valence electrons. The highest BCUT2D eigenvalue weighted by Crippen LogP contribution is 2.28. The van der Waals surface area contributed by atoms with Crippen LogP contribution in [0.15, 0.2) is 24.3 Å². The van der Waals surface area contributed by atoms with E-state index in [1.165, 1.54) is 0 Å². The summed E-state index contributed by atoms with van der Waals surface area (Å²) >= 11 is 0. The maximum absolute atomic E-state index is 13.5. The molecule has 0 bridgehead atoms. The third-order valence-corrected chi connectivity index (χ3v) is 2.87. The van der Waals surface area contributed by atoms with Gasteiger partial charge in [-0.05, 0) is 16.5 Å². The maximum Gasteiger partial charge on any atom is 0.252 e. The van der Waals surface area contributed by atoms with E-state index in [-0.39, 0.29) is 18.3 Å².